The number of benzene rings is 1. The Morgan fingerprint density at radius 3 is 2.84 bits per heavy atom. The topological polar surface area (TPSA) is 48.1 Å². The van der Waals surface area contributed by atoms with E-state index in [0.717, 1.165) is 45.9 Å². The molecule has 3 fully saturated rings. The van der Waals surface area contributed by atoms with Crippen LogP contribution in [-0.4, -0.2) is 74.4 Å². The summed E-state index contributed by atoms with van der Waals surface area (Å²) in [5.41, 5.74) is 2.39. The molecule has 0 aliphatic carbocycles. The van der Waals surface area contributed by atoms with Crippen LogP contribution in [0, 0.1) is 0 Å². The second-order valence-electron chi connectivity index (χ2n) is 7.16. The Balaban J connectivity index is 1.35. The lowest BCUT2D eigenvalue weighted by Gasteiger charge is -2.37. The van der Waals surface area contributed by atoms with Crippen molar-refractivity contribution in [3.8, 4) is 0 Å². The van der Waals surface area contributed by atoms with Gasteiger partial charge in [-0.05, 0) is 31.0 Å². The van der Waals surface area contributed by atoms with E-state index in [1.54, 1.807) is 0 Å². The Labute approximate surface area is 149 Å². The SMILES string of the molecule is O=C(NCc1ccccc1N1CCOCC1)N1CCN2CCCC2C1. The Bertz CT molecular complexity index is 603. The minimum atomic E-state index is 0.0725. The number of anilines is 1. The van der Waals surface area contributed by atoms with E-state index in [2.05, 4.69) is 33.3 Å². The maximum absolute atomic E-state index is 12.6. The molecular formula is C19H28N4O2. The number of nitrogens with zero attached hydrogens (tertiary/aromatic N) is 3. The van der Waals surface area contributed by atoms with Gasteiger partial charge in [-0.2, -0.15) is 0 Å². The third-order valence-corrected chi connectivity index (χ3v) is 5.65. The summed E-state index contributed by atoms with van der Waals surface area (Å²) in [5.74, 6) is 0. The van der Waals surface area contributed by atoms with Gasteiger partial charge in [0.2, 0.25) is 0 Å². The van der Waals surface area contributed by atoms with Crippen molar-refractivity contribution in [3.05, 3.63) is 29.8 Å². The van der Waals surface area contributed by atoms with E-state index >= 15 is 0 Å². The van der Waals surface area contributed by atoms with Crippen LogP contribution in [0.2, 0.25) is 0 Å². The number of morpholine rings is 1. The third kappa shape index (κ3) is 3.75. The molecule has 1 aromatic rings. The first-order chi connectivity index (χ1) is 12.3. The number of hydrogen-bond acceptors (Lipinski definition) is 4. The predicted octanol–water partition coefficient (Wildman–Crippen LogP) is 1.51. The summed E-state index contributed by atoms with van der Waals surface area (Å²) < 4.78 is 5.45. The molecule has 0 radical (unpaired) electrons. The number of hydrogen-bond donors (Lipinski definition) is 1. The van der Waals surface area contributed by atoms with Gasteiger partial charge in [0.1, 0.15) is 0 Å². The van der Waals surface area contributed by atoms with Crippen molar-refractivity contribution in [1.82, 2.24) is 15.1 Å². The fraction of sp³-hybridized carbons (Fsp3) is 0.632. The zero-order chi connectivity index (χ0) is 17.1. The van der Waals surface area contributed by atoms with Crippen LogP contribution >= 0.6 is 0 Å². The monoisotopic (exact) mass is 344 g/mol. The summed E-state index contributed by atoms with van der Waals surface area (Å²) in [6.07, 6.45) is 2.50. The molecule has 4 rings (SSSR count). The van der Waals surface area contributed by atoms with Gasteiger partial charge < -0.3 is 19.9 Å². The highest BCUT2D eigenvalue weighted by atomic mass is 16.5. The number of fused-ring (bicyclic) bond motifs is 1. The fourth-order valence-electron chi connectivity index (χ4n) is 4.23. The Kier molecular flexibility index (Phi) is 5.08. The Morgan fingerprint density at radius 2 is 1.96 bits per heavy atom. The van der Waals surface area contributed by atoms with Gasteiger partial charge in [0, 0.05) is 51.0 Å². The standard InChI is InChI=1S/C19H28N4O2/c24-19(23-9-8-21-7-3-5-17(21)15-23)20-14-16-4-1-2-6-18(16)22-10-12-25-13-11-22/h1-2,4,6,17H,3,5,7-15H2,(H,20,24). The van der Waals surface area contributed by atoms with Gasteiger partial charge in [-0.3, -0.25) is 4.90 Å². The molecule has 3 aliphatic heterocycles. The van der Waals surface area contributed by atoms with Crippen LogP contribution < -0.4 is 10.2 Å². The van der Waals surface area contributed by atoms with Crippen LogP contribution in [0.4, 0.5) is 10.5 Å². The summed E-state index contributed by atoms with van der Waals surface area (Å²) in [5, 5.41) is 3.14. The molecule has 0 bridgehead atoms. The van der Waals surface area contributed by atoms with Crippen molar-refractivity contribution in [1.29, 1.82) is 0 Å². The van der Waals surface area contributed by atoms with Crippen molar-refractivity contribution in [3.63, 3.8) is 0 Å². The second-order valence-corrected chi connectivity index (χ2v) is 7.16. The van der Waals surface area contributed by atoms with Crippen LogP contribution in [-0.2, 0) is 11.3 Å². The summed E-state index contributed by atoms with van der Waals surface area (Å²) in [4.78, 5) is 19.5. The number of amides is 2. The summed E-state index contributed by atoms with van der Waals surface area (Å²) in [6.45, 7) is 7.87. The molecule has 3 aliphatic rings. The second kappa shape index (κ2) is 7.62. The van der Waals surface area contributed by atoms with Crippen LogP contribution in [0.15, 0.2) is 24.3 Å². The zero-order valence-corrected chi connectivity index (χ0v) is 14.8. The molecular weight excluding hydrogens is 316 g/mol. The highest BCUT2D eigenvalue weighted by Crippen LogP contribution is 2.23. The zero-order valence-electron chi connectivity index (χ0n) is 14.8. The molecule has 6 heteroatoms. The number of urea groups is 1. The van der Waals surface area contributed by atoms with Crippen LogP contribution in [0.25, 0.3) is 0 Å². The van der Waals surface area contributed by atoms with E-state index in [1.807, 2.05) is 11.0 Å². The highest BCUT2D eigenvalue weighted by Gasteiger charge is 2.32. The average Bonchev–Trinajstić information content (AvgIpc) is 3.15. The molecule has 0 spiro atoms. The lowest BCUT2D eigenvalue weighted by molar-refractivity contribution is 0.117. The maximum Gasteiger partial charge on any atom is 0.317 e. The minimum absolute atomic E-state index is 0.0725. The van der Waals surface area contributed by atoms with E-state index in [9.17, 15) is 4.79 Å². The molecule has 0 saturated carbocycles. The van der Waals surface area contributed by atoms with E-state index < -0.39 is 0 Å². The van der Waals surface area contributed by atoms with Gasteiger partial charge in [0.25, 0.3) is 0 Å². The molecule has 3 heterocycles. The van der Waals surface area contributed by atoms with Gasteiger partial charge in [-0.15, -0.1) is 0 Å². The van der Waals surface area contributed by atoms with Crippen molar-refractivity contribution in [2.75, 3.05) is 57.4 Å². The van der Waals surface area contributed by atoms with Gasteiger partial charge in [0.05, 0.1) is 13.2 Å². The molecule has 136 valence electrons. The number of carbonyl (C=O) groups is 1. The number of para-hydroxylation sites is 1. The quantitative estimate of drug-likeness (QED) is 0.903. The number of piperazine rings is 1. The molecule has 1 aromatic carbocycles. The first-order valence-electron chi connectivity index (χ1n) is 9.49. The van der Waals surface area contributed by atoms with Gasteiger partial charge >= 0.3 is 6.03 Å². The summed E-state index contributed by atoms with van der Waals surface area (Å²) in [6, 6.07) is 9.01. The number of carbonyl (C=O) groups excluding carboxylic acids is 1. The predicted molar refractivity (Wildman–Crippen MR) is 97.9 cm³/mol. The Morgan fingerprint density at radius 1 is 1.12 bits per heavy atom. The molecule has 1 unspecified atom stereocenters. The fourth-order valence-corrected chi connectivity index (χ4v) is 4.23. The largest absolute Gasteiger partial charge is 0.378 e. The summed E-state index contributed by atoms with van der Waals surface area (Å²) >= 11 is 0. The van der Waals surface area contributed by atoms with Crippen molar-refractivity contribution in [2.45, 2.75) is 25.4 Å². The molecule has 0 aromatic heterocycles. The van der Waals surface area contributed by atoms with Gasteiger partial charge in [0.15, 0.2) is 0 Å². The van der Waals surface area contributed by atoms with Crippen LogP contribution in [0.1, 0.15) is 18.4 Å². The van der Waals surface area contributed by atoms with Crippen molar-refractivity contribution < 1.29 is 9.53 Å². The molecule has 2 amide bonds. The summed E-state index contributed by atoms with van der Waals surface area (Å²) in [7, 11) is 0. The maximum atomic E-state index is 12.6. The molecule has 6 nitrogen and oxygen atoms in total. The van der Waals surface area contributed by atoms with Crippen LogP contribution in [0.3, 0.4) is 0 Å². The third-order valence-electron chi connectivity index (χ3n) is 5.65. The van der Waals surface area contributed by atoms with E-state index in [0.29, 0.717) is 12.6 Å². The molecule has 25 heavy (non-hydrogen) atoms. The molecule has 3 saturated heterocycles. The van der Waals surface area contributed by atoms with E-state index in [-0.39, 0.29) is 6.03 Å². The smallest absolute Gasteiger partial charge is 0.317 e. The number of rotatable bonds is 3. The van der Waals surface area contributed by atoms with Crippen LogP contribution in [0.5, 0.6) is 0 Å². The lowest BCUT2D eigenvalue weighted by Crippen LogP contribution is -2.54. The number of ether oxygens (including phenoxy) is 1. The van der Waals surface area contributed by atoms with Gasteiger partial charge in [-0.25, -0.2) is 4.79 Å². The number of nitrogens with one attached hydrogen (secondary N) is 1. The first kappa shape index (κ1) is 16.7. The minimum Gasteiger partial charge on any atom is -0.378 e. The lowest BCUT2D eigenvalue weighted by atomic mass is 10.1. The average molecular weight is 344 g/mol. The highest BCUT2D eigenvalue weighted by molar-refractivity contribution is 5.74. The molecule has 1 N–H and O–H groups in total. The normalized spacial score (nSPS) is 24.2. The Hall–Kier alpha value is -1.79. The van der Waals surface area contributed by atoms with Gasteiger partial charge in [-0.1, -0.05) is 18.2 Å². The van der Waals surface area contributed by atoms with E-state index in [1.165, 1.54) is 30.6 Å². The molecule has 1 atom stereocenters. The van der Waals surface area contributed by atoms with Crippen molar-refractivity contribution in [2.24, 2.45) is 0 Å². The van der Waals surface area contributed by atoms with Crippen molar-refractivity contribution >= 4 is 11.7 Å². The van der Waals surface area contributed by atoms with E-state index in [4.69, 9.17) is 4.74 Å². The first-order valence-corrected chi connectivity index (χ1v) is 9.49.